The molecule has 1 aromatic carbocycles. The number of hydrogen-bond acceptors (Lipinski definition) is 6. The predicted octanol–water partition coefficient (Wildman–Crippen LogP) is 3.64. The van der Waals surface area contributed by atoms with E-state index in [2.05, 4.69) is 10.2 Å². The highest BCUT2D eigenvalue weighted by molar-refractivity contribution is 7.12. The second kappa shape index (κ2) is 11.2. The van der Waals surface area contributed by atoms with Crippen LogP contribution in [0.3, 0.4) is 0 Å². The average Bonchev–Trinajstić information content (AvgIpc) is 3.39. The summed E-state index contributed by atoms with van der Waals surface area (Å²) in [6, 6.07) is 8.38. The molecule has 0 bridgehead atoms. The second-order valence-electron chi connectivity index (χ2n) is 8.79. The van der Waals surface area contributed by atoms with E-state index < -0.39 is 23.9 Å². The van der Waals surface area contributed by atoms with Crippen LogP contribution in [0.25, 0.3) is 0 Å². The molecule has 192 valence electrons. The summed E-state index contributed by atoms with van der Waals surface area (Å²) in [6.45, 7) is 7.98. The molecular formula is C26H31FN4O4S. The number of esters is 1. The van der Waals surface area contributed by atoms with Gasteiger partial charge in [-0.05, 0) is 38.3 Å². The fraction of sp³-hybridized carbons (Fsp3) is 0.423. The fourth-order valence-corrected chi connectivity index (χ4v) is 5.51. The number of rotatable bonds is 7. The molecule has 1 fully saturated rings. The number of carbonyl (C=O) groups is 3. The lowest BCUT2D eigenvalue weighted by atomic mass is 9.93. The van der Waals surface area contributed by atoms with Gasteiger partial charge in [-0.25, -0.2) is 14.0 Å². The van der Waals surface area contributed by atoms with Crippen molar-refractivity contribution in [3.63, 3.8) is 0 Å². The zero-order valence-electron chi connectivity index (χ0n) is 20.7. The minimum Gasteiger partial charge on any atom is -0.463 e. The molecule has 3 heterocycles. The van der Waals surface area contributed by atoms with Crippen LogP contribution in [0.5, 0.6) is 0 Å². The predicted molar refractivity (Wildman–Crippen MR) is 135 cm³/mol. The Labute approximate surface area is 214 Å². The Balaban J connectivity index is 1.65. The third kappa shape index (κ3) is 5.15. The van der Waals surface area contributed by atoms with E-state index in [-0.39, 0.29) is 29.7 Å². The number of amides is 3. The second-order valence-corrected chi connectivity index (χ2v) is 9.74. The van der Waals surface area contributed by atoms with E-state index in [9.17, 15) is 18.8 Å². The molecule has 0 aliphatic carbocycles. The van der Waals surface area contributed by atoms with Gasteiger partial charge >= 0.3 is 12.0 Å². The first kappa shape index (κ1) is 25.8. The number of nitrogens with zero attached hydrogens (tertiary/aromatic N) is 3. The van der Waals surface area contributed by atoms with Crippen LogP contribution < -0.4 is 5.32 Å². The van der Waals surface area contributed by atoms with Gasteiger partial charge in [0.1, 0.15) is 5.82 Å². The van der Waals surface area contributed by atoms with E-state index in [1.54, 1.807) is 25.1 Å². The van der Waals surface area contributed by atoms with E-state index >= 15 is 0 Å². The number of benzene rings is 1. The van der Waals surface area contributed by atoms with Crippen LogP contribution >= 0.6 is 11.3 Å². The number of halogens is 1. The van der Waals surface area contributed by atoms with Gasteiger partial charge in [-0.15, -0.1) is 11.3 Å². The van der Waals surface area contributed by atoms with Crippen molar-refractivity contribution in [3.8, 4) is 0 Å². The van der Waals surface area contributed by atoms with Crippen LogP contribution in [0.2, 0.25) is 0 Å². The van der Waals surface area contributed by atoms with E-state index in [1.165, 1.54) is 22.3 Å². The molecule has 1 N–H and O–H groups in total. The van der Waals surface area contributed by atoms with Crippen molar-refractivity contribution >= 4 is 29.2 Å². The van der Waals surface area contributed by atoms with Crippen LogP contribution in [0.4, 0.5) is 9.18 Å². The van der Waals surface area contributed by atoms with Crippen LogP contribution in [-0.2, 0) is 9.53 Å². The molecule has 2 aliphatic heterocycles. The summed E-state index contributed by atoms with van der Waals surface area (Å²) in [5, 5.41) is 4.68. The summed E-state index contributed by atoms with van der Waals surface area (Å²) in [5.41, 5.74) is 0.938. The Hall–Kier alpha value is -3.24. The topological polar surface area (TPSA) is 82.2 Å². The van der Waals surface area contributed by atoms with Gasteiger partial charge in [0, 0.05) is 50.0 Å². The molecular weight excluding hydrogens is 483 g/mol. The molecule has 4 rings (SSSR count). The van der Waals surface area contributed by atoms with Crippen LogP contribution in [0.15, 0.2) is 53.0 Å². The van der Waals surface area contributed by atoms with E-state index in [1.807, 2.05) is 36.3 Å². The van der Waals surface area contributed by atoms with Gasteiger partial charge < -0.3 is 15.0 Å². The van der Waals surface area contributed by atoms with Crippen molar-refractivity contribution in [1.29, 1.82) is 0 Å². The molecule has 2 unspecified atom stereocenters. The van der Waals surface area contributed by atoms with Crippen molar-refractivity contribution in [2.24, 2.45) is 0 Å². The Morgan fingerprint density at radius 1 is 1.17 bits per heavy atom. The van der Waals surface area contributed by atoms with Gasteiger partial charge in [0.2, 0.25) is 0 Å². The first-order valence-electron chi connectivity index (χ1n) is 12.1. The summed E-state index contributed by atoms with van der Waals surface area (Å²) in [4.78, 5) is 45.4. The number of thiophene rings is 1. The lowest BCUT2D eigenvalue weighted by Crippen LogP contribution is -2.56. The van der Waals surface area contributed by atoms with Gasteiger partial charge in [-0.2, -0.15) is 0 Å². The number of hydrogen-bond donors (Lipinski definition) is 1. The molecule has 2 atom stereocenters. The molecule has 0 spiro atoms. The maximum atomic E-state index is 14.8. The summed E-state index contributed by atoms with van der Waals surface area (Å²) in [7, 11) is 0. The van der Waals surface area contributed by atoms with Gasteiger partial charge in [0.25, 0.3) is 5.91 Å². The molecule has 0 radical (unpaired) electrons. The van der Waals surface area contributed by atoms with E-state index in [0.29, 0.717) is 43.3 Å². The Morgan fingerprint density at radius 3 is 2.58 bits per heavy atom. The zero-order chi connectivity index (χ0) is 25.8. The Morgan fingerprint density at radius 2 is 1.94 bits per heavy atom. The Bertz CT molecular complexity index is 1150. The molecule has 2 aliphatic rings. The summed E-state index contributed by atoms with van der Waals surface area (Å²) < 4.78 is 20.2. The van der Waals surface area contributed by atoms with Crippen molar-refractivity contribution in [2.75, 3.05) is 39.3 Å². The van der Waals surface area contributed by atoms with Crippen molar-refractivity contribution in [1.82, 2.24) is 20.0 Å². The molecule has 2 aromatic rings. The fourth-order valence-electron chi connectivity index (χ4n) is 4.83. The number of piperazine rings is 1. The first-order chi connectivity index (χ1) is 17.3. The maximum Gasteiger partial charge on any atom is 0.338 e. The third-order valence-electron chi connectivity index (χ3n) is 6.54. The molecule has 1 aromatic heterocycles. The lowest BCUT2D eigenvalue weighted by molar-refractivity contribution is -0.139. The highest BCUT2D eigenvalue weighted by Crippen LogP contribution is 2.33. The van der Waals surface area contributed by atoms with Crippen molar-refractivity contribution < 1.29 is 23.5 Å². The summed E-state index contributed by atoms with van der Waals surface area (Å²) in [5.74, 6) is -1.09. The SMILES string of the molecule is CCOC(=O)C1=C(CN2CCN(C(=O)c3cccs3)C(C)C2)N(CC)C(=O)NC1c1ccccc1F. The lowest BCUT2D eigenvalue weighted by Gasteiger charge is -2.42. The minimum absolute atomic E-state index is 0.00965. The average molecular weight is 515 g/mol. The molecule has 1 saturated heterocycles. The van der Waals surface area contributed by atoms with Crippen molar-refractivity contribution in [2.45, 2.75) is 32.9 Å². The van der Waals surface area contributed by atoms with Crippen LogP contribution in [0.1, 0.15) is 42.0 Å². The van der Waals surface area contributed by atoms with E-state index in [0.717, 1.165) is 0 Å². The number of urea groups is 1. The number of likely N-dealkylation sites (N-methyl/N-ethyl adjacent to an activating group) is 1. The highest BCUT2D eigenvalue weighted by Gasteiger charge is 2.40. The molecule has 3 amide bonds. The van der Waals surface area contributed by atoms with Crippen LogP contribution in [-0.4, -0.2) is 78.0 Å². The molecule has 36 heavy (non-hydrogen) atoms. The molecule has 10 heteroatoms. The number of nitrogens with one attached hydrogen (secondary N) is 1. The van der Waals surface area contributed by atoms with Crippen LogP contribution in [0, 0.1) is 5.82 Å². The molecule has 8 nitrogen and oxygen atoms in total. The summed E-state index contributed by atoms with van der Waals surface area (Å²) >= 11 is 1.42. The quantitative estimate of drug-likeness (QED) is 0.571. The first-order valence-corrected chi connectivity index (χ1v) is 13.0. The standard InChI is InChI=1S/C26H31FN4O4S/c1-4-30-20(16-29-12-13-31(17(3)15-29)24(32)21-11-8-14-36-21)22(25(33)35-5-2)23(28-26(30)34)18-9-6-7-10-19(18)27/h6-11,14,17,23H,4-5,12-13,15-16H2,1-3H3,(H,28,34). The summed E-state index contributed by atoms with van der Waals surface area (Å²) in [6.07, 6.45) is 0. The Kier molecular flexibility index (Phi) is 8.05. The third-order valence-corrected chi connectivity index (χ3v) is 7.40. The van der Waals surface area contributed by atoms with Gasteiger partial charge in [-0.1, -0.05) is 24.3 Å². The van der Waals surface area contributed by atoms with Crippen molar-refractivity contribution in [3.05, 3.63) is 69.3 Å². The normalized spacial score (nSPS) is 20.9. The number of ether oxygens (including phenoxy) is 1. The highest BCUT2D eigenvalue weighted by atomic mass is 32.1. The van der Waals surface area contributed by atoms with E-state index in [4.69, 9.17) is 4.74 Å². The maximum absolute atomic E-state index is 14.8. The van der Waals surface area contributed by atoms with Gasteiger partial charge in [0.05, 0.1) is 23.1 Å². The molecule has 0 saturated carbocycles. The van der Waals surface area contributed by atoms with Gasteiger partial charge in [0.15, 0.2) is 0 Å². The monoisotopic (exact) mass is 514 g/mol. The smallest absolute Gasteiger partial charge is 0.338 e. The largest absolute Gasteiger partial charge is 0.463 e. The minimum atomic E-state index is -0.963. The van der Waals surface area contributed by atoms with Gasteiger partial charge in [-0.3, -0.25) is 14.6 Å². The zero-order valence-corrected chi connectivity index (χ0v) is 21.5. The number of carbonyl (C=O) groups excluding carboxylic acids is 3.